The third-order valence-electron chi connectivity index (χ3n) is 1.77. The van der Waals surface area contributed by atoms with Crippen LogP contribution in [-0.4, -0.2) is 42.5 Å². The molecule has 0 radical (unpaired) electrons. The maximum Gasteiger partial charge on any atom is 0.191 e. The predicted octanol–water partition coefficient (Wildman–Crippen LogP) is 2.06. The van der Waals surface area contributed by atoms with Gasteiger partial charge in [0.25, 0.3) is 0 Å². The van der Waals surface area contributed by atoms with E-state index in [0.717, 1.165) is 18.9 Å². The van der Waals surface area contributed by atoms with Gasteiger partial charge in [0, 0.05) is 18.6 Å². The van der Waals surface area contributed by atoms with Crippen LogP contribution in [0.25, 0.3) is 0 Å². The van der Waals surface area contributed by atoms with Crippen molar-refractivity contribution in [3.8, 4) is 0 Å². The highest BCUT2D eigenvalue weighted by Gasteiger charge is 2.02. The zero-order valence-corrected chi connectivity index (χ0v) is 12.2. The molecule has 3 nitrogen and oxygen atoms in total. The Kier molecular flexibility index (Phi) is 8.35. The van der Waals surface area contributed by atoms with E-state index in [1.165, 1.54) is 5.75 Å². The number of hydrogen-bond donors (Lipinski definition) is 2. The van der Waals surface area contributed by atoms with Crippen LogP contribution in [0, 0.1) is 0 Å². The first kappa shape index (κ1) is 15.5. The number of hydrogen-bond acceptors (Lipinski definition) is 1. The largest absolute Gasteiger partial charge is 0.354 e. The molecule has 0 aliphatic carbocycles. The van der Waals surface area contributed by atoms with Gasteiger partial charge in [0.15, 0.2) is 5.96 Å². The second-order valence-corrected chi connectivity index (χ2v) is 6.64. The van der Waals surface area contributed by atoms with Crippen molar-refractivity contribution in [1.82, 2.24) is 10.6 Å². The van der Waals surface area contributed by atoms with Crippen LogP contribution in [0.2, 0.25) is 0 Å². The topological polar surface area (TPSA) is 36.4 Å². The van der Waals surface area contributed by atoms with Crippen molar-refractivity contribution in [3.63, 3.8) is 0 Å². The molecule has 1 unspecified atom stereocenters. The van der Waals surface area contributed by atoms with Crippen molar-refractivity contribution in [3.05, 3.63) is 0 Å². The number of rotatable bonds is 6. The minimum atomic E-state index is 0.288. The van der Waals surface area contributed by atoms with E-state index in [4.69, 9.17) is 0 Å². The third-order valence-corrected chi connectivity index (χ3v) is 2.76. The Morgan fingerprint density at radius 3 is 2.06 bits per heavy atom. The summed E-state index contributed by atoms with van der Waals surface area (Å²) in [6.45, 7) is 9.36. The van der Waals surface area contributed by atoms with E-state index in [0.29, 0.717) is 12.1 Å². The molecule has 4 heteroatoms. The molecule has 0 heterocycles. The summed E-state index contributed by atoms with van der Waals surface area (Å²) in [7, 11) is 0.288. The van der Waals surface area contributed by atoms with Gasteiger partial charge >= 0.3 is 0 Å². The standard InChI is InChI=1S/C12H27N3S/c1-10(2)14-12(15-11(3)4)13-8-7-9-16(5)6/h10-11H,5,7-9H2,1-4,6H3,(H2,13,14,15). The Labute approximate surface area is 103 Å². The van der Waals surface area contributed by atoms with Crippen LogP contribution in [0.3, 0.4) is 0 Å². The summed E-state index contributed by atoms with van der Waals surface area (Å²) in [5.41, 5.74) is 0. The zero-order chi connectivity index (χ0) is 12.6. The molecule has 0 spiro atoms. The molecule has 0 bridgehead atoms. The maximum atomic E-state index is 4.55. The quantitative estimate of drug-likeness (QED) is 0.325. The van der Waals surface area contributed by atoms with Crippen molar-refractivity contribution in [2.24, 2.45) is 4.99 Å². The summed E-state index contributed by atoms with van der Waals surface area (Å²) in [4.78, 5) is 4.55. The normalized spacial score (nSPS) is 12.7. The summed E-state index contributed by atoms with van der Waals surface area (Å²) in [5.74, 6) is 6.09. The van der Waals surface area contributed by atoms with Gasteiger partial charge in [-0.15, -0.1) is 0 Å². The highest BCUT2D eigenvalue weighted by molar-refractivity contribution is 8.13. The molecular weight excluding hydrogens is 218 g/mol. The smallest absolute Gasteiger partial charge is 0.191 e. The van der Waals surface area contributed by atoms with Gasteiger partial charge in [-0.3, -0.25) is 4.99 Å². The van der Waals surface area contributed by atoms with Crippen LogP contribution in [0.4, 0.5) is 0 Å². The molecule has 0 aromatic rings. The van der Waals surface area contributed by atoms with E-state index >= 15 is 0 Å². The SMILES string of the molecule is C=S(C)CCCN=C(NC(C)C)NC(C)C. The van der Waals surface area contributed by atoms with Crippen LogP contribution in [0.15, 0.2) is 4.99 Å². The molecule has 0 saturated heterocycles. The van der Waals surface area contributed by atoms with E-state index in [1.54, 1.807) is 0 Å². The molecule has 0 aliphatic heterocycles. The summed E-state index contributed by atoms with van der Waals surface area (Å²) in [6.07, 6.45) is 3.29. The van der Waals surface area contributed by atoms with E-state index < -0.39 is 0 Å². The van der Waals surface area contributed by atoms with E-state index in [1.807, 2.05) is 0 Å². The monoisotopic (exact) mass is 245 g/mol. The van der Waals surface area contributed by atoms with Crippen molar-refractivity contribution in [1.29, 1.82) is 0 Å². The lowest BCUT2D eigenvalue weighted by Gasteiger charge is -2.17. The van der Waals surface area contributed by atoms with Gasteiger partial charge in [0.05, 0.1) is 0 Å². The van der Waals surface area contributed by atoms with Crippen LogP contribution in [0.5, 0.6) is 0 Å². The first-order chi connectivity index (χ1) is 7.41. The fraction of sp³-hybridized carbons (Fsp3) is 0.833. The molecule has 1 atom stereocenters. The Morgan fingerprint density at radius 2 is 1.69 bits per heavy atom. The Hall–Kier alpha value is -0.510. The van der Waals surface area contributed by atoms with Gasteiger partial charge < -0.3 is 10.6 Å². The van der Waals surface area contributed by atoms with Crippen LogP contribution >= 0.6 is 10.5 Å². The molecule has 0 aliphatic rings. The summed E-state index contributed by atoms with van der Waals surface area (Å²) >= 11 is 0. The molecule has 2 N–H and O–H groups in total. The molecule has 16 heavy (non-hydrogen) atoms. The van der Waals surface area contributed by atoms with Crippen molar-refractivity contribution in [2.75, 3.05) is 18.6 Å². The lowest BCUT2D eigenvalue weighted by Crippen LogP contribution is -2.44. The second kappa shape index (κ2) is 8.62. The lowest BCUT2D eigenvalue weighted by molar-refractivity contribution is 0.655. The van der Waals surface area contributed by atoms with Crippen molar-refractivity contribution >= 4 is 22.3 Å². The summed E-state index contributed by atoms with van der Waals surface area (Å²) < 4.78 is 0. The first-order valence-electron chi connectivity index (χ1n) is 5.91. The Morgan fingerprint density at radius 1 is 1.19 bits per heavy atom. The molecule has 0 fully saturated rings. The average Bonchev–Trinajstić information content (AvgIpc) is 2.09. The van der Waals surface area contributed by atoms with Crippen LogP contribution in [-0.2, 0) is 0 Å². The van der Waals surface area contributed by atoms with E-state index in [-0.39, 0.29) is 10.5 Å². The van der Waals surface area contributed by atoms with Gasteiger partial charge in [0.1, 0.15) is 0 Å². The van der Waals surface area contributed by atoms with Gasteiger partial charge in [0.2, 0.25) is 0 Å². The maximum absolute atomic E-state index is 4.55. The molecule has 0 amide bonds. The Balaban J connectivity index is 4.05. The number of guanidine groups is 1. The predicted molar refractivity (Wildman–Crippen MR) is 79.0 cm³/mol. The highest BCUT2D eigenvalue weighted by atomic mass is 32.2. The third kappa shape index (κ3) is 10.0. The van der Waals surface area contributed by atoms with Crippen molar-refractivity contribution < 1.29 is 0 Å². The Bertz CT molecular complexity index is 222. The lowest BCUT2D eigenvalue weighted by atomic mass is 10.4. The summed E-state index contributed by atoms with van der Waals surface area (Å²) in [5, 5.41) is 6.65. The van der Waals surface area contributed by atoms with Crippen LogP contribution in [0.1, 0.15) is 34.1 Å². The highest BCUT2D eigenvalue weighted by Crippen LogP contribution is 2.03. The van der Waals surface area contributed by atoms with Gasteiger partial charge in [-0.1, -0.05) is 5.87 Å². The number of nitrogens with one attached hydrogen (secondary N) is 2. The molecule has 0 saturated carbocycles. The van der Waals surface area contributed by atoms with Crippen molar-refractivity contribution in [2.45, 2.75) is 46.2 Å². The van der Waals surface area contributed by atoms with Gasteiger partial charge in [-0.05, 0) is 46.1 Å². The van der Waals surface area contributed by atoms with E-state index in [2.05, 4.69) is 55.4 Å². The minimum absolute atomic E-state index is 0.288. The van der Waals surface area contributed by atoms with E-state index in [9.17, 15) is 0 Å². The fourth-order valence-corrected chi connectivity index (χ4v) is 1.80. The summed E-state index contributed by atoms with van der Waals surface area (Å²) in [6, 6.07) is 0.831. The van der Waals surface area contributed by atoms with Gasteiger partial charge in [-0.25, -0.2) is 0 Å². The van der Waals surface area contributed by atoms with Crippen LogP contribution < -0.4 is 10.6 Å². The molecule has 0 aromatic carbocycles. The molecular formula is C12H27N3S. The zero-order valence-electron chi connectivity index (χ0n) is 11.3. The molecule has 0 aromatic heterocycles. The molecule has 0 rings (SSSR count). The second-order valence-electron chi connectivity index (χ2n) is 4.67. The fourth-order valence-electron chi connectivity index (χ4n) is 1.18. The molecule has 96 valence electrons. The minimum Gasteiger partial charge on any atom is -0.354 e. The number of aliphatic imine (C=N–C) groups is 1. The van der Waals surface area contributed by atoms with Gasteiger partial charge in [-0.2, -0.15) is 10.5 Å². The first-order valence-corrected chi connectivity index (χ1v) is 7.88. The number of nitrogens with zero attached hydrogens (tertiary/aromatic N) is 1. The average molecular weight is 245 g/mol.